The first kappa shape index (κ1) is 30.6. The average molecular weight is 590 g/mol. The number of aryl methyl sites for hydroxylation is 3. The normalized spacial score (nSPS) is 11.1. The predicted molar refractivity (Wildman–Crippen MR) is 175 cm³/mol. The van der Waals surface area contributed by atoms with Gasteiger partial charge in [-0.2, -0.15) is 0 Å². The van der Waals surface area contributed by atoms with Crippen LogP contribution in [0.2, 0.25) is 0 Å². The molecule has 0 saturated carbocycles. The lowest BCUT2D eigenvalue weighted by molar-refractivity contribution is 0.0984. The van der Waals surface area contributed by atoms with Crippen molar-refractivity contribution in [3.8, 4) is 0 Å². The smallest absolute Gasteiger partial charge is 0.259 e. The monoisotopic (exact) mass is 589 g/mol. The summed E-state index contributed by atoms with van der Waals surface area (Å²) in [6.45, 7) is 4.96. The zero-order chi connectivity index (χ0) is 30.9. The number of hydrogen-bond acceptors (Lipinski definition) is 6. The first-order valence-electron chi connectivity index (χ1n) is 15.0. The third-order valence-electron chi connectivity index (χ3n) is 7.62. The number of ether oxygens (including phenoxy) is 1. The topological polar surface area (TPSA) is 136 Å². The Kier molecular flexibility index (Phi) is 10.1. The van der Waals surface area contributed by atoms with Crippen LogP contribution in [0.5, 0.6) is 0 Å². The molecule has 44 heavy (non-hydrogen) atoms. The molecule has 0 aliphatic carbocycles. The molecule has 2 aromatic heterocycles. The van der Waals surface area contributed by atoms with Crippen LogP contribution in [0, 0.1) is 5.41 Å². The number of fused-ring (bicyclic) bond motifs is 1. The maximum Gasteiger partial charge on any atom is 0.259 e. The minimum atomic E-state index is -0.147. The van der Waals surface area contributed by atoms with Gasteiger partial charge in [-0.1, -0.05) is 54.6 Å². The van der Waals surface area contributed by atoms with Crippen molar-refractivity contribution in [3.63, 3.8) is 0 Å². The average Bonchev–Trinajstić information content (AvgIpc) is 3.41. The number of carbonyl (C=O) groups is 1. The van der Waals surface area contributed by atoms with Crippen molar-refractivity contribution in [1.29, 1.82) is 5.41 Å². The van der Waals surface area contributed by atoms with E-state index in [9.17, 15) is 4.79 Å². The van der Waals surface area contributed by atoms with E-state index in [2.05, 4.69) is 9.55 Å². The third-order valence-corrected chi connectivity index (χ3v) is 7.62. The number of nitrogens with zero attached hydrogens (tertiary/aromatic N) is 4. The number of aromatic nitrogens is 3. The molecule has 0 unspecified atom stereocenters. The van der Waals surface area contributed by atoms with Gasteiger partial charge in [0.1, 0.15) is 17.5 Å². The van der Waals surface area contributed by atoms with E-state index in [4.69, 9.17) is 26.6 Å². The molecule has 1 amide bonds. The molecule has 0 aliphatic rings. The molecule has 0 fully saturated rings. The SMILES string of the molecule is CCOCCCn1c(CCc2ccc(C(=N)N)cc2)nc2cc(C(=O)N(Cc3ccc(CN)cc3)c3ccccn3)ccc21. The summed E-state index contributed by atoms with van der Waals surface area (Å²) in [4.78, 5) is 25.2. The van der Waals surface area contributed by atoms with E-state index in [0.717, 1.165) is 59.4 Å². The number of nitrogens with two attached hydrogens (primary N) is 2. The van der Waals surface area contributed by atoms with Crippen molar-refractivity contribution in [2.24, 2.45) is 11.5 Å². The Morgan fingerprint density at radius 3 is 2.34 bits per heavy atom. The molecule has 0 aliphatic heterocycles. The molecule has 0 bridgehead atoms. The van der Waals surface area contributed by atoms with Gasteiger partial charge in [-0.25, -0.2) is 9.97 Å². The number of amidine groups is 1. The second-order valence-electron chi connectivity index (χ2n) is 10.6. The summed E-state index contributed by atoms with van der Waals surface area (Å²) in [6, 6.07) is 27.1. The molecular formula is C35H39N7O2. The summed E-state index contributed by atoms with van der Waals surface area (Å²) in [5, 5.41) is 7.64. The van der Waals surface area contributed by atoms with Crippen molar-refractivity contribution >= 4 is 28.6 Å². The van der Waals surface area contributed by atoms with Crippen molar-refractivity contribution in [3.05, 3.63) is 125 Å². The van der Waals surface area contributed by atoms with Crippen molar-refractivity contribution in [2.75, 3.05) is 18.1 Å². The highest BCUT2D eigenvalue weighted by atomic mass is 16.5. The fourth-order valence-corrected chi connectivity index (χ4v) is 5.22. The second-order valence-corrected chi connectivity index (χ2v) is 10.6. The molecule has 0 radical (unpaired) electrons. The first-order chi connectivity index (χ1) is 21.5. The van der Waals surface area contributed by atoms with Crippen LogP contribution in [0.4, 0.5) is 5.82 Å². The lowest BCUT2D eigenvalue weighted by Gasteiger charge is -2.22. The standard InChI is InChI=1S/C35H39N7O2/c1-2-44-21-5-20-41-31-17-16-29(22-30(31)40-33(41)18-13-25-11-14-28(15-12-25)34(37)38)35(43)42(32-6-3-4-19-39-32)24-27-9-7-26(23-36)8-10-27/h3-4,6-12,14-17,19,22H,2,5,13,18,20-21,23-24,36H2,1H3,(H3,37,38). The van der Waals surface area contributed by atoms with Crippen molar-refractivity contribution < 1.29 is 9.53 Å². The van der Waals surface area contributed by atoms with Gasteiger partial charge in [0.2, 0.25) is 0 Å². The van der Waals surface area contributed by atoms with Gasteiger partial charge in [-0.15, -0.1) is 0 Å². The Hall–Kier alpha value is -4.86. The summed E-state index contributed by atoms with van der Waals surface area (Å²) < 4.78 is 7.84. The van der Waals surface area contributed by atoms with Gasteiger partial charge >= 0.3 is 0 Å². The Morgan fingerprint density at radius 1 is 0.932 bits per heavy atom. The number of hydrogen-bond donors (Lipinski definition) is 3. The van der Waals surface area contributed by atoms with Crippen LogP contribution >= 0.6 is 0 Å². The zero-order valence-electron chi connectivity index (χ0n) is 25.1. The van der Waals surface area contributed by atoms with E-state index >= 15 is 0 Å². The summed E-state index contributed by atoms with van der Waals surface area (Å²) in [7, 11) is 0. The number of nitrogens with one attached hydrogen (secondary N) is 1. The van der Waals surface area contributed by atoms with E-state index in [-0.39, 0.29) is 11.7 Å². The number of carbonyl (C=O) groups excluding carboxylic acids is 1. The van der Waals surface area contributed by atoms with Crippen LogP contribution in [0.1, 0.15) is 51.8 Å². The number of anilines is 1. The van der Waals surface area contributed by atoms with Gasteiger partial charge < -0.3 is 20.8 Å². The highest BCUT2D eigenvalue weighted by Crippen LogP contribution is 2.24. The van der Waals surface area contributed by atoms with E-state index in [1.807, 2.05) is 91.9 Å². The van der Waals surface area contributed by atoms with Crippen LogP contribution in [0.15, 0.2) is 91.1 Å². The Morgan fingerprint density at radius 2 is 1.66 bits per heavy atom. The minimum Gasteiger partial charge on any atom is -0.384 e. The predicted octanol–water partition coefficient (Wildman–Crippen LogP) is 5.23. The fourth-order valence-electron chi connectivity index (χ4n) is 5.22. The number of nitrogen functional groups attached to an aromatic ring is 1. The second kappa shape index (κ2) is 14.5. The maximum absolute atomic E-state index is 14.0. The number of amides is 1. The van der Waals surface area contributed by atoms with Crippen molar-refractivity contribution in [2.45, 2.75) is 45.8 Å². The molecule has 5 rings (SSSR count). The summed E-state index contributed by atoms with van der Waals surface area (Å²) in [5.74, 6) is 1.45. The molecule has 0 atom stereocenters. The first-order valence-corrected chi connectivity index (χ1v) is 15.0. The zero-order valence-corrected chi connectivity index (χ0v) is 25.1. The molecule has 3 aromatic carbocycles. The van der Waals surface area contributed by atoms with Gasteiger partial charge in [0.15, 0.2) is 0 Å². The van der Waals surface area contributed by atoms with Gasteiger partial charge in [0.25, 0.3) is 5.91 Å². The van der Waals surface area contributed by atoms with E-state index in [1.54, 1.807) is 11.1 Å². The third kappa shape index (κ3) is 7.37. The Balaban J connectivity index is 1.43. The van der Waals surface area contributed by atoms with Gasteiger partial charge in [-0.3, -0.25) is 15.1 Å². The van der Waals surface area contributed by atoms with Crippen LogP contribution < -0.4 is 16.4 Å². The van der Waals surface area contributed by atoms with Crippen LogP contribution in [0.3, 0.4) is 0 Å². The van der Waals surface area contributed by atoms with Gasteiger partial charge in [-0.05, 0) is 66.8 Å². The van der Waals surface area contributed by atoms with Crippen LogP contribution in [0.25, 0.3) is 11.0 Å². The molecular weight excluding hydrogens is 550 g/mol. The van der Waals surface area contributed by atoms with Gasteiger partial charge in [0.05, 0.1) is 17.6 Å². The van der Waals surface area contributed by atoms with E-state index < -0.39 is 0 Å². The Labute approximate surface area is 258 Å². The largest absolute Gasteiger partial charge is 0.384 e. The van der Waals surface area contributed by atoms with Crippen molar-refractivity contribution in [1.82, 2.24) is 14.5 Å². The molecule has 5 aromatic rings. The lowest BCUT2D eigenvalue weighted by Crippen LogP contribution is -2.31. The minimum absolute atomic E-state index is 0.0594. The summed E-state index contributed by atoms with van der Waals surface area (Å²) >= 11 is 0. The molecule has 5 N–H and O–H groups in total. The summed E-state index contributed by atoms with van der Waals surface area (Å²) in [6.07, 6.45) is 4.07. The molecule has 9 heteroatoms. The molecule has 226 valence electrons. The van der Waals surface area contributed by atoms with Crippen LogP contribution in [-0.4, -0.2) is 39.5 Å². The summed E-state index contributed by atoms with van der Waals surface area (Å²) in [5.41, 5.74) is 17.6. The quantitative estimate of drug-likeness (QED) is 0.0922. The van der Waals surface area contributed by atoms with Crippen LogP contribution in [-0.2, 0) is 37.2 Å². The van der Waals surface area contributed by atoms with Gasteiger partial charge in [0, 0.05) is 50.0 Å². The molecule has 9 nitrogen and oxygen atoms in total. The fraction of sp³-hybridized carbons (Fsp3) is 0.257. The number of benzene rings is 3. The highest BCUT2D eigenvalue weighted by Gasteiger charge is 2.21. The number of pyridine rings is 1. The van der Waals surface area contributed by atoms with E-state index in [1.165, 1.54) is 0 Å². The van der Waals surface area contributed by atoms with E-state index in [0.29, 0.717) is 43.2 Å². The molecule has 0 saturated heterocycles. The molecule has 2 heterocycles. The highest BCUT2D eigenvalue weighted by molar-refractivity contribution is 6.07. The molecule has 0 spiro atoms. The number of imidazole rings is 1. The Bertz CT molecular complexity index is 1700. The lowest BCUT2D eigenvalue weighted by atomic mass is 10.1. The number of rotatable bonds is 14. The maximum atomic E-state index is 14.0.